The largest absolute Gasteiger partial charge is 0.335 e. The minimum Gasteiger partial charge on any atom is -0.273 e. The van der Waals surface area contributed by atoms with Crippen LogP contribution in [0.5, 0.6) is 0 Å². The summed E-state index contributed by atoms with van der Waals surface area (Å²) in [4.78, 5) is 38.6. The minimum atomic E-state index is -0.846. The highest BCUT2D eigenvalue weighted by Crippen LogP contribution is 2.30. The summed E-state index contributed by atoms with van der Waals surface area (Å²) in [5, 5.41) is 3.09. The summed E-state index contributed by atoms with van der Waals surface area (Å²) in [7, 11) is 0. The van der Waals surface area contributed by atoms with Crippen LogP contribution >= 0.6 is 39.1 Å². The molecule has 0 bridgehead atoms. The van der Waals surface area contributed by atoms with Crippen molar-refractivity contribution in [1.29, 1.82) is 0 Å². The van der Waals surface area contributed by atoms with Crippen molar-refractivity contribution in [1.82, 2.24) is 5.32 Å². The lowest BCUT2D eigenvalue weighted by Crippen LogP contribution is -2.54. The number of rotatable bonds is 4. The lowest BCUT2D eigenvalue weighted by molar-refractivity contribution is -0.122. The first-order chi connectivity index (χ1) is 15.3. The van der Waals surface area contributed by atoms with Crippen LogP contribution in [0.25, 0.3) is 6.08 Å². The molecule has 3 aromatic rings. The van der Waals surface area contributed by atoms with E-state index in [9.17, 15) is 14.4 Å². The second-order valence-electron chi connectivity index (χ2n) is 7.03. The fraction of sp³-hybridized carbons (Fsp3) is 0.0417. The lowest BCUT2D eigenvalue weighted by atomic mass is 10.0. The van der Waals surface area contributed by atoms with Crippen LogP contribution in [0.1, 0.15) is 16.7 Å². The first-order valence-corrected chi connectivity index (χ1v) is 11.1. The quantitative estimate of drug-likeness (QED) is 0.332. The molecule has 1 saturated heterocycles. The third-order valence-electron chi connectivity index (χ3n) is 4.92. The predicted octanol–water partition coefficient (Wildman–Crippen LogP) is 6.01. The smallest absolute Gasteiger partial charge is 0.273 e. The van der Waals surface area contributed by atoms with Crippen LogP contribution in [-0.2, 0) is 16.0 Å². The van der Waals surface area contributed by atoms with Gasteiger partial charge < -0.3 is 0 Å². The summed E-state index contributed by atoms with van der Waals surface area (Å²) in [6, 6.07) is 18.7. The second-order valence-corrected chi connectivity index (χ2v) is 8.70. The number of halogens is 3. The van der Waals surface area contributed by atoms with Gasteiger partial charge in [0, 0.05) is 15.9 Å². The highest BCUT2D eigenvalue weighted by atomic mass is 79.9. The monoisotopic (exact) mass is 528 g/mol. The normalized spacial score (nSPS) is 15.3. The van der Waals surface area contributed by atoms with Gasteiger partial charge >= 0.3 is 6.03 Å². The van der Waals surface area contributed by atoms with Crippen LogP contribution in [0.3, 0.4) is 0 Å². The van der Waals surface area contributed by atoms with Crippen LogP contribution < -0.4 is 10.2 Å². The topological polar surface area (TPSA) is 66.5 Å². The van der Waals surface area contributed by atoms with E-state index in [2.05, 4.69) is 21.2 Å². The molecular formula is C24H15BrCl2N2O3. The van der Waals surface area contributed by atoms with Gasteiger partial charge in [0.1, 0.15) is 5.57 Å². The van der Waals surface area contributed by atoms with E-state index in [0.717, 1.165) is 20.5 Å². The number of barbiturate groups is 1. The number of benzene rings is 3. The summed E-state index contributed by atoms with van der Waals surface area (Å²) in [6.07, 6.45) is 2.06. The highest BCUT2D eigenvalue weighted by Gasteiger charge is 2.37. The molecule has 160 valence electrons. The molecule has 4 amide bonds. The Hall–Kier alpha value is -2.93. The van der Waals surface area contributed by atoms with Gasteiger partial charge in [-0.15, -0.1) is 0 Å². The fourth-order valence-electron chi connectivity index (χ4n) is 3.32. The number of hydrogen-bond acceptors (Lipinski definition) is 3. The Balaban J connectivity index is 1.65. The summed E-state index contributed by atoms with van der Waals surface area (Å²) < 4.78 is 0.800. The number of para-hydroxylation sites is 1. The maximum absolute atomic E-state index is 13.0. The highest BCUT2D eigenvalue weighted by molar-refractivity contribution is 9.10. The van der Waals surface area contributed by atoms with E-state index in [1.807, 2.05) is 30.3 Å². The Morgan fingerprint density at radius 2 is 1.56 bits per heavy atom. The molecule has 8 heteroatoms. The lowest BCUT2D eigenvalue weighted by Gasteiger charge is -2.27. The Labute approximate surface area is 202 Å². The fourth-order valence-corrected chi connectivity index (χ4v) is 4.28. The van der Waals surface area contributed by atoms with E-state index >= 15 is 0 Å². The summed E-state index contributed by atoms with van der Waals surface area (Å²) in [6.45, 7) is 0. The number of nitrogens with zero attached hydrogens (tertiary/aromatic N) is 1. The molecular weight excluding hydrogens is 515 g/mol. The standard InChI is InChI=1S/C24H15BrCl2N2O3/c25-18-12-14(9-10-15(18)13-16-5-1-2-6-19(16)26)11-17-22(30)28-24(32)29(23(17)31)21-8-4-3-7-20(21)27/h1-12H,13H2,(H,28,30,32)/b17-11+. The average molecular weight is 530 g/mol. The van der Waals surface area contributed by atoms with Crippen LogP contribution in [0.4, 0.5) is 10.5 Å². The molecule has 0 saturated carbocycles. The SMILES string of the molecule is O=C1NC(=O)N(c2ccccc2Cl)C(=O)/C1=C/c1ccc(Cc2ccccc2Cl)c(Br)c1. The van der Waals surface area contributed by atoms with E-state index in [0.29, 0.717) is 17.0 Å². The molecule has 0 radical (unpaired) electrons. The van der Waals surface area contributed by atoms with Crippen molar-refractivity contribution in [2.45, 2.75) is 6.42 Å². The maximum atomic E-state index is 13.0. The van der Waals surface area contributed by atoms with Gasteiger partial charge in [0.25, 0.3) is 11.8 Å². The average Bonchev–Trinajstić information content (AvgIpc) is 2.75. The summed E-state index contributed by atoms with van der Waals surface area (Å²) in [5.41, 5.74) is 2.62. The number of hydrogen-bond donors (Lipinski definition) is 1. The molecule has 0 aliphatic carbocycles. The zero-order valence-electron chi connectivity index (χ0n) is 16.4. The van der Waals surface area contributed by atoms with Crippen molar-refractivity contribution in [3.63, 3.8) is 0 Å². The number of nitrogens with one attached hydrogen (secondary N) is 1. The van der Waals surface area contributed by atoms with Gasteiger partial charge in [0.05, 0.1) is 10.7 Å². The molecule has 0 atom stereocenters. The number of imide groups is 2. The number of anilines is 1. The molecule has 5 nitrogen and oxygen atoms in total. The number of urea groups is 1. The molecule has 0 aromatic heterocycles. The van der Waals surface area contributed by atoms with Gasteiger partial charge in [-0.05, 0) is 47.0 Å². The molecule has 32 heavy (non-hydrogen) atoms. The minimum absolute atomic E-state index is 0.171. The molecule has 1 aliphatic rings. The van der Waals surface area contributed by atoms with Crippen LogP contribution in [-0.4, -0.2) is 17.8 Å². The molecule has 1 fully saturated rings. The second kappa shape index (κ2) is 9.28. The third-order valence-corrected chi connectivity index (χ3v) is 6.35. The Morgan fingerprint density at radius 1 is 0.875 bits per heavy atom. The van der Waals surface area contributed by atoms with E-state index in [1.54, 1.807) is 30.3 Å². The van der Waals surface area contributed by atoms with Gasteiger partial charge in [0.15, 0.2) is 0 Å². The van der Waals surface area contributed by atoms with Crippen molar-refractivity contribution in [3.8, 4) is 0 Å². The molecule has 4 rings (SSSR count). The van der Waals surface area contributed by atoms with Crippen molar-refractivity contribution in [2.75, 3.05) is 4.90 Å². The van der Waals surface area contributed by atoms with Crippen molar-refractivity contribution in [3.05, 3.63) is 104 Å². The zero-order valence-corrected chi connectivity index (χ0v) is 19.5. The van der Waals surface area contributed by atoms with E-state index in [4.69, 9.17) is 23.2 Å². The summed E-state index contributed by atoms with van der Waals surface area (Å²) in [5.74, 6) is -1.51. The van der Waals surface area contributed by atoms with Gasteiger partial charge in [-0.1, -0.05) is 81.6 Å². The van der Waals surface area contributed by atoms with Crippen LogP contribution in [0, 0.1) is 0 Å². The van der Waals surface area contributed by atoms with E-state index in [1.165, 1.54) is 12.1 Å². The Morgan fingerprint density at radius 3 is 2.25 bits per heavy atom. The van der Waals surface area contributed by atoms with Crippen molar-refractivity contribution in [2.24, 2.45) is 0 Å². The molecule has 1 aliphatic heterocycles. The van der Waals surface area contributed by atoms with Crippen molar-refractivity contribution < 1.29 is 14.4 Å². The molecule has 0 spiro atoms. The maximum Gasteiger partial charge on any atom is 0.335 e. The number of carbonyl (C=O) groups is 3. The summed E-state index contributed by atoms with van der Waals surface area (Å²) >= 11 is 16.0. The van der Waals surface area contributed by atoms with Gasteiger partial charge in [-0.25, -0.2) is 9.69 Å². The zero-order chi connectivity index (χ0) is 22.8. The first-order valence-electron chi connectivity index (χ1n) is 9.53. The first kappa shape index (κ1) is 22.3. The Kier molecular flexibility index (Phi) is 6.46. The molecule has 3 aromatic carbocycles. The van der Waals surface area contributed by atoms with Gasteiger partial charge in [-0.2, -0.15) is 0 Å². The van der Waals surface area contributed by atoms with Gasteiger partial charge in [0.2, 0.25) is 0 Å². The number of amides is 4. The third kappa shape index (κ3) is 4.48. The van der Waals surface area contributed by atoms with Crippen LogP contribution in [0.2, 0.25) is 10.0 Å². The van der Waals surface area contributed by atoms with E-state index in [-0.39, 0.29) is 16.3 Å². The molecule has 1 N–H and O–H groups in total. The predicted molar refractivity (Wildman–Crippen MR) is 129 cm³/mol. The van der Waals surface area contributed by atoms with Crippen LogP contribution in [0.15, 0.2) is 76.8 Å². The van der Waals surface area contributed by atoms with Crippen molar-refractivity contribution >= 4 is 68.7 Å². The van der Waals surface area contributed by atoms with E-state index < -0.39 is 17.8 Å². The number of carbonyl (C=O) groups excluding carboxylic acids is 3. The molecule has 0 unspecified atom stereocenters. The molecule has 1 heterocycles. The van der Waals surface area contributed by atoms with Gasteiger partial charge in [-0.3, -0.25) is 14.9 Å². The Bertz CT molecular complexity index is 1290.